The van der Waals surface area contributed by atoms with Crippen LogP contribution in [0.15, 0.2) is 42.5 Å². The monoisotopic (exact) mass is 302 g/mol. The fourth-order valence-corrected chi connectivity index (χ4v) is 2.41. The predicted molar refractivity (Wildman–Crippen MR) is 87.6 cm³/mol. The maximum Gasteiger partial charge on any atom is 0.255 e. The highest BCUT2D eigenvalue weighted by Gasteiger charge is 2.20. The SMILES string of the molecule is Cc1ccc(C(C)N(C)C(=O)c2ccc(N)cc2Cl)cc1. The Morgan fingerprint density at radius 1 is 1.19 bits per heavy atom. The lowest BCUT2D eigenvalue weighted by Gasteiger charge is -2.26. The molecule has 0 aliphatic carbocycles. The van der Waals surface area contributed by atoms with Crippen molar-refractivity contribution in [2.75, 3.05) is 12.8 Å². The first-order valence-electron chi connectivity index (χ1n) is 6.79. The van der Waals surface area contributed by atoms with E-state index in [4.69, 9.17) is 17.3 Å². The van der Waals surface area contributed by atoms with Crippen LogP contribution in [0.3, 0.4) is 0 Å². The molecule has 0 radical (unpaired) electrons. The van der Waals surface area contributed by atoms with Crippen molar-refractivity contribution in [2.24, 2.45) is 0 Å². The summed E-state index contributed by atoms with van der Waals surface area (Å²) >= 11 is 6.11. The third-order valence-electron chi connectivity index (χ3n) is 3.68. The van der Waals surface area contributed by atoms with Crippen LogP contribution in [0.4, 0.5) is 5.69 Å². The topological polar surface area (TPSA) is 46.3 Å². The number of hydrogen-bond acceptors (Lipinski definition) is 2. The summed E-state index contributed by atoms with van der Waals surface area (Å²) in [5.74, 6) is -0.118. The lowest BCUT2D eigenvalue weighted by Crippen LogP contribution is -2.29. The maximum atomic E-state index is 12.6. The average molecular weight is 303 g/mol. The zero-order chi connectivity index (χ0) is 15.6. The summed E-state index contributed by atoms with van der Waals surface area (Å²) in [4.78, 5) is 14.2. The summed E-state index contributed by atoms with van der Waals surface area (Å²) in [5.41, 5.74) is 8.95. The van der Waals surface area contributed by atoms with Gasteiger partial charge in [0.25, 0.3) is 5.91 Å². The Labute approximate surface area is 130 Å². The summed E-state index contributed by atoms with van der Waals surface area (Å²) < 4.78 is 0. The minimum Gasteiger partial charge on any atom is -0.399 e. The molecule has 0 aliphatic heterocycles. The summed E-state index contributed by atoms with van der Waals surface area (Å²) in [6.07, 6.45) is 0. The van der Waals surface area contributed by atoms with Crippen molar-refractivity contribution in [2.45, 2.75) is 19.9 Å². The van der Waals surface area contributed by atoms with E-state index >= 15 is 0 Å². The molecule has 0 saturated heterocycles. The van der Waals surface area contributed by atoms with Crippen LogP contribution in [0, 0.1) is 6.92 Å². The van der Waals surface area contributed by atoms with Crippen molar-refractivity contribution in [3.8, 4) is 0 Å². The van der Waals surface area contributed by atoms with Gasteiger partial charge in [0.1, 0.15) is 0 Å². The molecule has 0 heterocycles. The molecule has 0 fully saturated rings. The summed E-state index contributed by atoms with van der Waals surface area (Å²) in [6.45, 7) is 4.03. The molecule has 0 saturated carbocycles. The fourth-order valence-electron chi connectivity index (χ4n) is 2.14. The predicted octanol–water partition coefficient (Wildman–Crippen LogP) is 4.06. The number of amides is 1. The third kappa shape index (κ3) is 3.37. The van der Waals surface area contributed by atoms with Gasteiger partial charge >= 0.3 is 0 Å². The standard InChI is InChI=1S/C17H19ClN2O/c1-11-4-6-13(7-5-11)12(2)20(3)17(21)15-9-8-14(19)10-16(15)18/h4-10,12H,19H2,1-3H3. The van der Waals surface area contributed by atoms with Gasteiger partial charge in [-0.1, -0.05) is 41.4 Å². The van der Waals surface area contributed by atoms with Gasteiger partial charge in [0.2, 0.25) is 0 Å². The molecule has 1 atom stereocenters. The second kappa shape index (κ2) is 6.19. The molecule has 110 valence electrons. The van der Waals surface area contributed by atoms with Crippen molar-refractivity contribution in [3.05, 3.63) is 64.2 Å². The molecule has 0 aromatic heterocycles. The van der Waals surface area contributed by atoms with Crippen LogP contribution in [0.25, 0.3) is 0 Å². The minimum absolute atomic E-state index is 0.0354. The van der Waals surface area contributed by atoms with Crippen molar-refractivity contribution < 1.29 is 4.79 Å². The molecule has 0 bridgehead atoms. The van der Waals surface area contributed by atoms with Crippen LogP contribution in [-0.4, -0.2) is 17.9 Å². The Morgan fingerprint density at radius 2 is 1.81 bits per heavy atom. The van der Waals surface area contributed by atoms with Gasteiger partial charge in [-0.25, -0.2) is 0 Å². The van der Waals surface area contributed by atoms with E-state index in [0.29, 0.717) is 16.3 Å². The van der Waals surface area contributed by atoms with Crippen molar-refractivity contribution in [1.82, 2.24) is 4.90 Å². The van der Waals surface area contributed by atoms with Gasteiger partial charge in [-0.3, -0.25) is 4.79 Å². The van der Waals surface area contributed by atoms with E-state index in [-0.39, 0.29) is 11.9 Å². The Morgan fingerprint density at radius 3 is 2.38 bits per heavy atom. The summed E-state index contributed by atoms with van der Waals surface area (Å²) in [7, 11) is 1.78. The molecular weight excluding hydrogens is 284 g/mol. The zero-order valence-corrected chi connectivity index (χ0v) is 13.2. The quantitative estimate of drug-likeness (QED) is 0.869. The minimum atomic E-state index is -0.118. The first-order valence-corrected chi connectivity index (χ1v) is 7.16. The first kappa shape index (κ1) is 15.4. The van der Waals surface area contributed by atoms with Crippen LogP contribution in [0.5, 0.6) is 0 Å². The van der Waals surface area contributed by atoms with Crippen LogP contribution in [0.2, 0.25) is 5.02 Å². The largest absolute Gasteiger partial charge is 0.399 e. The second-order valence-corrected chi connectivity index (χ2v) is 5.65. The normalized spacial score (nSPS) is 12.0. The number of carbonyl (C=O) groups excluding carboxylic acids is 1. The lowest BCUT2D eigenvalue weighted by atomic mass is 10.0. The van der Waals surface area contributed by atoms with E-state index in [2.05, 4.69) is 0 Å². The highest BCUT2D eigenvalue weighted by atomic mass is 35.5. The number of rotatable bonds is 3. The molecule has 2 rings (SSSR count). The van der Waals surface area contributed by atoms with Crippen molar-refractivity contribution in [1.29, 1.82) is 0 Å². The van der Waals surface area contributed by atoms with Crippen LogP contribution < -0.4 is 5.73 Å². The molecule has 21 heavy (non-hydrogen) atoms. The van der Waals surface area contributed by atoms with Crippen molar-refractivity contribution in [3.63, 3.8) is 0 Å². The number of benzene rings is 2. The Kier molecular flexibility index (Phi) is 4.53. The van der Waals surface area contributed by atoms with Gasteiger partial charge in [0.05, 0.1) is 16.6 Å². The highest BCUT2D eigenvalue weighted by Crippen LogP contribution is 2.25. The van der Waals surface area contributed by atoms with E-state index in [1.165, 1.54) is 5.56 Å². The van der Waals surface area contributed by atoms with E-state index in [9.17, 15) is 4.79 Å². The Bertz CT molecular complexity index is 652. The van der Waals surface area contributed by atoms with Crippen molar-refractivity contribution >= 4 is 23.2 Å². The van der Waals surface area contributed by atoms with E-state index in [1.54, 1.807) is 30.1 Å². The molecule has 0 aliphatic rings. The van der Waals surface area contributed by atoms with Crippen LogP contribution in [-0.2, 0) is 0 Å². The number of nitrogen functional groups attached to an aromatic ring is 1. The lowest BCUT2D eigenvalue weighted by molar-refractivity contribution is 0.0743. The van der Waals surface area contributed by atoms with Crippen LogP contribution >= 0.6 is 11.6 Å². The number of carbonyl (C=O) groups is 1. The molecule has 2 aromatic rings. The van der Waals surface area contributed by atoms with Gasteiger partial charge in [0.15, 0.2) is 0 Å². The Balaban J connectivity index is 2.24. The van der Waals surface area contributed by atoms with Gasteiger partial charge in [-0.15, -0.1) is 0 Å². The number of anilines is 1. The van der Waals surface area contributed by atoms with Gasteiger partial charge in [-0.2, -0.15) is 0 Å². The molecule has 3 nitrogen and oxygen atoms in total. The summed E-state index contributed by atoms with van der Waals surface area (Å²) in [6, 6.07) is 13.1. The highest BCUT2D eigenvalue weighted by molar-refractivity contribution is 6.34. The third-order valence-corrected chi connectivity index (χ3v) is 4.00. The number of nitrogens with zero attached hydrogens (tertiary/aromatic N) is 1. The average Bonchev–Trinajstić information content (AvgIpc) is 2.46. The molecule has 1 amide bonds. The molecular formula is C17H19ClN2O. The number of halogens is 1. The number of aryl methyl sites for hydroxylation is 1. The second-order valence-electron chi connectivity index (χ2n) is 5.24. The maximum absolute atomic E-state index is 12.6. The first-order chi connectivity index (χ1) is 9.90. The molecule has 2 N–H and O–H groups in total. The van der Waals surface area contributed by atoms with Gasteiger partial charge in [0, 0.05) is 12.7 Å². The number of nitrogens with two attached hydrogens (primary N) is 1. The summed E-state index contributed by atoms with van der Waals surface area (Å²) in [5, 5.41) is 0.378. The van der Waals surface area contributed by atoms with Gasteiger partial charge in [-0.05, 0) is 37.6 Å². The zero-order valence-electron chi connectivity index (χ0n) is 12.4. The fraction of sp³-hybridized carbons (Fsp3) is 0.235. The van der Waals surface area contributed by atoms with Gasteiger partial charge < -0.3 is 10.6 Å². The van der Waals surface area contributed by atoms with E-state index < -0.39 is 0 Å². The number of hydrogen-bond donors (Lipinski definition) is 1. The molecule has 2 aromatic carbocycles. The Hall–Kier alpha value is -2.00. The van der Waals surface area contributed by atoms with E-state index in [0.717, 1.165) is 5.56 Å². The van der Waals surface area contributed by atoms with E-state index in [1.807, 2.05) is 38.1 Å². The molecule has 0 spiro atoms. The molecule has 4 heteroatoms. The van der Waals surface area contributed by atoms with Crippen LogP contribution in [0.1, 0.15) is 34.5 Å². The smallest absolute Gasteiger partial charge is 0.255 e. The molecule has 1 unspecified atom stereocenters.